The molecule has 75 valence electrons. The molecule has 2 atom stereocenters. The molecular formula is C10H17O3. The second-order valence-electron chi connectivity index (χ2n) is 3.23. The van der Waals surface area contributed by atoms with Crippen LogP contribution in [0.3, 0.4) is 0 Å². The Labute approximate surface area is 79.4 Å². The van der Waals surface area contributed by atoms with Crippen LogP contribution in [0.4, 0.5) is 0 Å². The number of carbonyl (C=O) groups is 1. The summed E-state index contributed by atoms with van der Waals surface area (Å²) in [5, 5.41) is 8.96. The number of carbonyl (C=O) groups excluding carboxylic acids is 1. The Kier molecular flexibility index (Phi) is 5.39. The molecule has 0 saturated heterocycles. The second kappa shape index (κ2) is 5.75. The molecule has 0 amide bonds. The van der Waals surface area contributed by atoms with Crippen LogP contribution in [0, 0.1) is 6.92 Å². The highest BCUT2D eigenvalue weighted by atomic mass is 16.5. The smallest absolute Gasteiger partial charge is 0.333 e. The highest BCUT2D eigenvalue weighted by Crippen LogP contribution is 2.06. The molecule has 0 fully saturated rings. The van der Waals surface area contributed by atoms with E-state index >= 15 is 0 Å². The highest BCUT2D eigenvalue weighted by molar-refractivity contribution is 5.87. The van der Waals surface area contributed by atoms with Crippen molar-refractivity contribution in [1.82, 2.24) is 0 Å². The molecule has 2 unspecified atom stereocenters. The summed E-state index contributed by atoms with van der Waals surface area (Å²) in [6.07, 6.45) is 0.362. The molecule has 0 spiro atoms. The van der Waals surface area contributed by atoms with Gasteiger partial charge in [-0.3, -0.25) is 0 Å². The van der Waals surface area contributed by atoms with Crippen LogP contribution in [0.15, 0.2) is 12.2 Å². The Morgan fingerprint density at radius 2 is 2.08 bits per heavy atom. The van der Waals surface area contributed by atoms with Crippen LogP contribution >= 0.6 is 0 Å². The van der Waals surface area contributed by atoms with Crippen LogP contribution in [0.5, 0.6) is 0 Å². The normalized spacial score (nSPS) is 14.8. The van der Waals surface area contributed by atoms with Crippen molar-refractivity contribution in [2.45, 2.75) is 38.9 Å². The van der Waals surface area contributed by atoms with Crippen LogP contribution < -0.4 is 0 Å². The third-order valence-electron chi connectivity index (χ3n) is 1.53. The summed E-state index contributed by atoms with van der Waals surface area (Å²) in [5.41, 5.74) is 0.366. The van der Waals surface area contributed by atoms with E-state index in [0.717, 1.165) is 0 Å². The zero-order valence-electron chi connectivity index (χ0n) is 8.25. The average molecular weight is 185 g/mol. The molecule has 0 aliphatic carbocycles. The van der Waals surface area contributed by atoms with Gasteiger partial charge in [-0.25, -0.2) is 4.79 Å². The summed E-state index contributed by atoms with van der Waals surface area (Å²) in [7, 11) is 0. The van der Waals surface area contributed by atoms with Crippen molar-refractivity contribution in [2.24, 2.45) is 0 Å². The fourth-order valence-corrected chi connectivity index (χ4v) is 0.738. The van der Waals surface area contributed by atoms with Crippen LogP contribution in [0.25, 0.3) is 0 Å². The number of hydrogen-bond donors (Lipinski definition) is 1. The van der Waals surface area contributed by atoms with Gasteiger partial charge >= 0.3 is 5.97 Å². The number of aliphatic hydroxyl groups excluding tert-OH is 1. The van der Waals surface area contributed by atoms with Gasteiger partial charge in [0.2, 0.25) is 0 Å². The summed E-state index contributed by atoms with van der Waals surface area (Å²) in [6, 6.07) is 0. The maximum absolute atomic E-state index is 11.0. The maximum atomic E-state index is 11.0. The van der Waals surface area contributed by atoms with Crippen molar-refractivity contribution in [3.05, 3.63) is 19.1 Å². The summed E-state index contributed by atoms with van der Waals surface area (Å²) in [4.78, 5) is 11.0. The van der Waals surface area contributed by atoms with E-state index in [1.165, 1.54) is 0 Å². The van der Waals surface area contributed by atoms with E-state index in [1.807, 2.05) is 0 Å². The highest BCUT2D eigenvalue weighted by Gasteiger charge is 2.10. The monoisotopic (exact) mass is 185 g/mol. The Bertz CT molecular complexity index is 185. The van der Waals surface area contributed by atoms with Gasteiger partial charge in [0, 0.05) is 5.57 Å². The predicted octanol–water partition coefficient (Wildman–Crippen LogP) is 1.47. The summed E-state index contributed by atoms with van der Waals surface area (Å²) in [6.45, 7) is 10.4. The van der Waals surface area contributed by atoms with Crippen molar-refractivity contribution < 1.29 is 14.6 Å². The van der Waals surface area contributed by atoms with Gasteiger partial charge in [-0.1, -0.05) is 6.58 Å². The Morgan fingerprint density at radius 1 is 1.54 bits per heavy atom. The molecular weight excluding hydrogens is 168 g/mol. The van der Waals surface area contributed by atoms with Crippen molar-refractivity contribution >= 4 is 5.97 Å². The SMILES string of the molecule is [CH2]C(CCC(C)O)OC(=O)C(=C)C. The number of esters is 1. The third-order valence-corrected chi connectivity index (χ3v) is 1.53. The van der Waals surface area contributed by atoms with Gasteiger partial charge in [0.25, 0.3) is 0 Å². The topological polar surface area (TPSA) is 46.5 Å². The van der Waals surface area contributed by atoms with Crippen LogP contribution in [0.2, 0.25) is 0 Å². The van der Waals surface area contributed by atoms with Gasteiger partial charge in [-0.05, 0) is 33.6 Å². The molecule has 13 heavy (non-hydrogen) atoms. The first kappa shape index (κ1) is 12.2. The van der Waals surface area contributed by atoms with Crippen LogP contribution in [-0.4, -0.2) is 23.3 Å². The zero-order valence-corrected chi connectivity index (χ0v) is 8.25. The summed E-state index contributed by atoms with van der Waals surface area (Å²) in [5.74, 6) is -0.425. The molecule has 0 aromatic carbocycles. The Morgan fingerprint density at radius 3 is 2.46 bits per heavy atom. The van der Waals surface area contributed by atoms with Gasteiger partial charge in [0.05, 0.1) is 6.10 Å². The molecule has 0 aromatic heterocycles. The van der Waals surface area contributed by atoms with E-state index in [1.54, 1.807) is 13.8 Å². The molecule has 0 aromatic rings. The maximum Gasteiger partial charge on any atom is 0.333 e. The molecule has 3 heteroatoms. The van der Waals surface area contributed by atoms with Gasteiger partial charge in [0.15, 0.2) is 0 Å². The van der Waals surface area contributed by atoms with Gasteiger partial charge in [-0.15, -0.1) is 0 Å². The van der Waals surface area contributed by atoms with Crippen molar-refractivity contribution in [1.29, 1.82) is 0 Å². The molecule has 1 N–H and O–H groups in total. The molecule has 0 bridgehead atoms. The van der Waals surface area contributed by atoms with E-state index in [0.29, 0.717) is 18.4 Å². The number of aliphatic hydroxyl groups is 1. The minimum Gasteiger partial charge on any atom is -0.459 e. The van der Waals surface area contributed by atoms with Gasteiger partial charge < -0.3 is 9.84 Å². The zero-order chi connectivity index (χ0) is 10.4. The number of hydrogen-bond acceptors (Lipinski definition) is 3. The third kappa shape index (κ3) is 6.34. The lowest BCUT2D eigenvalue weighted by molar-refractivity contribution is -0.142. The van der Waals surface area contributed by atoms with E-state index in [-0.39, 0.29) is 6.10 Å². The van der Waals surface area contributed by atoms with Crippen molar-refractivity contribution in [3.8, 4) is 0 Å². The fraction of sp³-hybridized carbons (Fsp3) is 0.600. The Balaban J connectivity index is 3.68. The fourth-order valence-electron chi connectivity index (χ4n) is 0.738. The Hall–Kier alpha value is -0.830. The first-order valence-electron chi connectivity index (χ1n) is 4.31. The number of rotatable bonds is 5. The van der Waals surface area contributed by atoms with Crippen LogP contribution in [-0.2, 0) is 9.53 Å². The van der Waals surface area contributed by atoms with Crippen molar-refractivity contribution in [2.75, 3.05) is 0 Å². The molecule has 0 heterocycles. The molecule has 0 rings (SSSR count). The predicted molar refractivity (Wildman–Crippen MR) is 51.0 cm³/mol. The number of ether oxygens (including phenoxy) is 1. The standard InChI is InChI=1S/C10H17O3/c1-7(2)10(12)13-9(4)6-5-8(3)11/h8-9,11H,1,4-6H2,2-3H3. The largest absolute Gasteiger partial charge is 0.459 e. The molecule has 0 aliphatic rings. The molecule has 0 saturated carbocycles. The lowest BCUT2D eigenvalue weighted by Gasteiger charge is -2.13. The summed E-state index contributed by atoms with van der Waals surface area (Å²) < 4.78 is 4.90. The van der Waals surface area contributed by atoms with E-state index in [2.05, 4.69) is 13.5 Å². The lowest BCUT2D eigenvalue weighted by Crippen LogP contribution is -2.17. The van der Waals surface area contributed by atoms with Gasteiger partial charge in [0.1, 0.15) is 6.10 Å². The minimum atomic E-state index is -0.425. The first-order valence-corrected chi connectivity index (χ1v) is 4.31. The van der Waals surface area contributed by atoms with Crippen molar-refractivity contribution in [3.63, 3.8) is 0 Å². The summed E-state index contributed by atoms with van der Waals surface area (Å²) >= 11 is 0. The molecule has 3 nitrogen and oxygen atoms in total. The first-order chi connectivity index (χ1) is 5.93. The minimum absolute atomic E-state index is 0.366. The molecule has 0 aliphatic heterocycles. The van der Waals surface area contributed by atoms with E-state index in [4.69, 9.17) is 9.84 Å². The average Bonchev–Trinajstić information content (AvgIpc) is 2.00. The molecule has 1 radical (unpaired) electrons. The quantitative estimate of drug-likeness (QED) is 0.521. The van der Waals surface area contributed by atoms with E-state index in [9.17, 15) is 4.79 Å². The lowest BCUT2D eigenvalue weighted by atomic mass is 10.1. The van der Waals surface area contributed by atoms with Crippen LogP contribution in [0.1, 0.15) is 26.7 Å². The van der Waals surface area contributed by atoms with E-state index < -0.39 is 12.1 Å². The second-order valence-corrected chi connectivity index (χ2v) is 3.23. The van der Waals surface area contributed by atoms with Gasteiger partial charge in [-0.2, -0.15) is 0 Å².